The predicted molar refractivity (Wildman–Crippen MR) is 128 cm³/mol. The molecule has 4 saturated carbocycles. The molecule has 0 aliphatic heterocycles. The topological polar surface area (TPSA) is 54.1 Å². The maximum absolute atomic E-state index is 13.0. The molecule has 2 aromatic carbocycles. The van der Waals surface area contributed by atoms with E-state index in [0.29, 0.717) is 11.8 Å². The molecule has 184 valence electrons. The van der Waals surface area contributed by atoms with E-state index in [1.54, 1.807) is 12.1 Å². The number of rotatable bonds is 5. The summed E-state index contributed by atoms with van der Waals surface area (Å²) in [5.41, 5.74) is 2.01. The van der Waals surface area contributed by atoms with Crippen molar-refractivity contribution in [3.63, 3.8) is 0 Å². The summed E-state index contributed by atoms with van der Waals surface area (Å²) in [5, 5.41) is 4.08. The Morgan fingerprint density at radius 2 is 1.74 bits per heavy atom. The summed E-state index contributed by atoms with van der Waals surface area (Å²) in [6, 6.07) is 11.3. The van der Waals surface area contributed by atoms with E-state index in [1.165, 1.54) is 12.8 Å². The standard InChI is InChI=1S/C28H29F3N2O2/c1-15-8-23(19-9-17(15)10-19)27(34)33-26-14-32-25-7-6-21(13-24(25)26)35-22-11-18(12-22)16-2-4-20(5-3-16)28(29,30)31/h2-7,13-15,17-19,22-23,32H,8-12H2,1H3,(H,33,34)/t15-,17?,18-,19?,22-,23+/m0/s1. The van der Waals surface area contributed by atoms with Crippen LogP contribution in [-0.4, -0.2) is 17.0 Å². The van der Waals surface area contributed by atoms with E-state index in [0.717, 1.165) is 65.2 Å². The van der Waals surface area contributed by atoms with Crippen LogP contribution in [0.25, 0.3) is 10.9 Å². The number of carbonyl (C=O) groups is 1. The first-order valence-corrected chi connectivity index (χ1v) is 12.5. The van der Waals surface area contributed by atoms with E-state index >= 15 is 0 Å². The molecular formula is C28H29F3N2O2. The van der Waals surface area contributed by atoms with Crippen molar-refractivity contribution in [2.75, 3.05) is 5.32 Å². The van der Waals surface area contributed by atoms with Crippen LogP contribution in [0, 0.1) is 23.7 Å². The molecule has 1 aromatic heterocycles. The number of aromatic nitrogens is 1. The normalized spacial score (nSPS) is 29.8. The molecular weight excluding hydrogens is 453 g/mol. The maximum atomic E-state index is 13.0. The van der Waals surface area contributed by atoms with Gasteiger partial charge in [0.15, 0.2) is 0 Å². The number of hydrogen-bond acceptors (Lipinski definition) is 2. The lowest BCUT2D eigenvalue weighted by Crippen LogP contribution is -2.46. The van der Waals surface area contributed by atoms with Gasteiger partial charge in [-0.15, -0.1) is 0 Å². The minimum Gasteiger partial charge on any atom is -0.490 e. The number of nitrogens with one attached hydrogen (secondary N) is 2. The number of ether oxygens (including phenoxy) is 1. The third-order valence-corrected chi connectivity index (χ3v) is 8.57. The Kier molecular flexibility index (Phi) is 5.35. The van der Waals surface area contributed by atoms with Gasteiger partial charge in [0.2, 0.25) is 5.91 Å². The van der Waals surface area contributed by atoms with Crippen molar-refractivity contribution < 1.29 is 22.7 Å². The Bertz CT molecular complexity index is 1240. The number of H-pyrrole nitrogens is 1. The lowest BCUT2D eigenvalue weighted by atomic mass is 9.55. The highest BCUT2D eigenvalue weighted by Crippen LogP contribution is 2.52. The number of alkyl halides is 3. The van der Waals surface area contributed by atoms with Crippen LogP contribution >= 0.6 is 0 Å². The highest BCUT2D eigenvalue weighted by Gasteiger charge is 2.46. The van der Waals surface area contributed by atoms with Crippen LogP contribution in [0.3, 0.4) is 0 Å². The molecule has 2 atom stereocenters. The molecule has 2 bridgehead atoms. The fourth-order valence-corrected chi connectivity index (χ4v) is 6.18. The molecule has 4 aliphatic rings. The summed E-state index contributed by atoms with van der Waals surface area (Å²) in [6.07, 6.45) is 2.41. The van der Waals surface area contributed by atoms with E-state index in [9.17, 15) is 18.0 Å². The highest BCUT2D eigenvalue weighted by atomic mass is 19.4. The van der Waals surface area contributed by atoms with Crippen LogP contribution in [0.15, 0.2) is 48.7 Å². The Hall–Kier alpha value is -2.96. The Morgan fingerprint density at radius 3 is 2.43 bits per heavy atom. The van der Waals surface area contributed by atoms with E-state index < -0.39 is 11.7 Å². The first-order valence-electron chi connectivity index (χ1n) is 12.5. The smallest absolute Gasteiger partial charge is 0.416 e. The highest BCUT2D eigenvalue weighted by molar-refractivity contribution is 6.03. The third kappa shape index (κ3) is 4.19. The largest absolute Gasteiger partial charge is 0.490 e. The fraction of sp³-hybridized carbons (Fsp3) is 0.464. The first-order chi connectivity index (χ1) is 16.7. The number of amides is 1. The van der Waals surface area contributed by atoms with Gasteiger partial charge in [0, 0.05) is 23.0 Å². The Morgan fingerprint density at radius 1 is 1.00 bits per heavy atom. The molecule has 2 N–H and O–H groups in total. The van der Waals surface area contributed by atoms with Crippen LogP contribution in [0.2, 0.25) is 0 Å². The molecule has 1 heterocycles. The molecule has 1 amide bonds. The quantitative estimate of drug-likeness (QED) is 0.406. The number of aromatic amines is 1. The SMILES string of the molecule is C[C@H]1C[C@@H](C(=O)Nc2c[nH]c3ccc(O[C@H]4C[C@H](c5ccc(C(F)(F)F)cc5)C4)cc23)C2CC1C2. The van der Waals surface area contributed by atoms with Crippen LogP contribution in [0.5, 0.6) is 5.75 Å². The number of carbonyl (C=O) groups excluding carboxylic acids is 1. The molecule has 4 aliphatic carbocycles. The Labute approximate surface area is 202 Å². The van der Waals surface area contributed by atoms with Crippen LogP contribution in [-0.2, 0) is 11.0 Å². The van der Waals surface area contributed by atoms with Crippen molar-refractivity contribution in [3.05, 3.63) is 59.8 Å². The second kappa shape index (κ2) is 8.32. The van der Waals surface area contributed by atoms with Gasteiger partial charge in [-0.1, -0.05) is 19.1 Å². The first kappa shape index (κ1) is 22.5. The fourth-order valence-electron chi connectivity index (χ4n) is 6.18. The minimum atomic E-state index is -4.31. The van der Waals surface area contributed by atoms with Crippen molar-refractivity contribution in [2.24, 2.45) is 23.7 Å². The Balaban J connectivity index is 1.09. The lowest BCUT2D eigenvalue weighted by Gasteiger charge is -2.49. The van der Waals surface area contributed by atoms with Gasteiger partial charge >= 0.3 is 6.18 Å². The number of anilines is 1. The molecule has 7 heteroatoms. The van der Waals surface area contributed by atoms with Gasteiger partial charge in [0.05, 0.1) is 17.4 Å². The zero-order chi connectivity index (χ0) is 24.3. The molecule has 4 fully saturated rings. The molecule has 3 aromatic rings. The van der Waals surface area contributed by atoms with Crippen LogP contribution in [0.1, 0.15) is 56.1 Å². The predicted octanol–water partition coefficient (Wildman–Crippen LogP) is 7.13. The average Bonchev–Trinajstić information content (AvgIpc) is 3.16. The number of hydrogen-bond donors (Lipinski definition) is 2. The summed E-state index contributed by atoms with van der Waals surface area (Å²) >= 11 is 0. The summed E-state index contributed by atoms with van der Waals surface area (Å²) < 4.78 is 44.5. The maximum Gasteiger partial charge on any atom is 0.416 e. The van der Waals surface area contributed by atoms with Gasteiger partial charge in [0.25, 0.3) is 0 Å². The molecule has 0 saturated heterocycles. The monoisotopic (exact) mass is 482 g/mol. The van der Waals surface area contributed by atoms with Crippen LogP contribution in [0.4, 0.5) is 18.9 Å². The third-order valence-electron chi connectivity index (χ3n) is 8.57. The molecule has 4 nitrogen and oxygen atoms in total. The molecule has 7 rings (SSSR count). The van der Waals surface area contributed by atoms with Crippen molar-refractivity contribution in [2.45, 2.75) is 57.2 Å². The van der Waals surface area contributed by atoms with E-state index in [1.807, 2.05) is 24.4 Å². The van der Waals surface area contributed by atoms with Crippen molar-refractivity contribution in [1.82, 2.24) is 4.98 Å². The summed E-state index contributed by atoms with van der Waals surface area (Å²) in [5.74, 6) is 3.10. The minimum absolute atomic E-state index is 0.0204. The zero-order valence-electron chi connectivity index (χ0n) is 19.6. The second-order valence-corrected chi connectivity index (χ2v) is 10.7. The van der Waals surface area contributed by atoms with E-state index in [-0.39, 0.29) is 23.8 Å². The number of halogens is 3. The van der Waals surface area contributed by atoms with Crippen molar-refractivity contribution in [1.29, 1.82) is 0 Å². The van der Waals surface area contributed by atoms with Crippen molar-refractivity contribution >= 4 is 22.5 Å². The van der Waals surface area contributed by atoms with Gasteiger partial charge in [0.1, 0.15) is 5.75 Å². The summed E-state index contributed by atoms with van der Waals surface area (Å²) in [6.45, 7) is 2.26. The average molecular weight is 483 g/mol. The van der Waals surface area contributed by atoms with Gasteiger partial charge in [-0.05, 0) is 91.7 Å². The van der Waals surface area contributed by atoms with E-state index in [4.69, 9.17) is 4.74 Å². The summed E-state index contributed by atoms with van der Waals surface area (Å²) in [7, 11) is 0. The van der Waals surface area contributed by atoms with Crippen LogP contribution < -0.4 is 10.1 Å². The summed E-state index contributed by atoms with van der Waals surface area (Å²) in [4.78, 5) is 16.3. The van der Waals surface area contributed by atoms with Crippen molar-refractivity contribution in [3.8, 4) is 5.75 Å². The van der Waals surface area contributed by atoms with Gasteiger partial charge < -0.3 is 15.0 Å². The van der Waals surface area contributed by atoms with Gasteiger partial charge in [-0.2, -0.15) is 13.2 Å². The molecule has 35 heavy (non-hydrogen) atoms. The number of benzene rings is 2. The van der Waals surface area contributed by atoms with E-state index in [2.05, 4.69) is 17.2 Å². The number of fused-ring (bicyclic) bond motifs is 3. The molecule has 0 spiro atoms. The van der Waals surface area contributed by atoms with Gasteiger partial charge in [-0.25, -0.2) is 0 Å². The molecule has 0 unspecified atom stereocenters. The lowest BCUT2D eigenvalue weighted by molar-refractivity contribution is -0.137. The zero-order valence-corrected chi connectivity index (χ0v) is 19.6. The van der Waals surface area contributed by atoms with Gasteiger partial charge in [-0.3, -0.25) is 4.79 Å². The molecule has 0 radical (unpaired) electrons. The second-order valence-electron chi connectivity index (χ2n) is 10.7.